The van der Waals surface area contributed by atoms with E-state index in [1.165, 1.54) is 60.1 Å². The highest BCUT2D eigenvalue weighted by atomic mass is 14.3. The topological polar surface area (TPSA) is 0 Å². The fourth-order valence-corrected chi connectivity index (χ4v) is 6.40. The second-order valence-electron chi connectivity index (χ2n) is 11.7. The van der Waals surface area contributed by atoms with E-state index in [1.807, 2.05) is 0 Å². The van der Waals surface area contributed by atoms with Gasteiger partial charge < -0.3 is 0 Å². The number of rotatable bonds is 5. The first-order chi connectivity index (χ1) is 17.2. The molecule has 0 fully saturated rings. The normalized spacial score (nSPS) is 12.3. The van der Waals surface area contributed by atoms with Gasteiger partial charge in [-0.15, -0.1) is 0 Å². The maximum absolute atomic E-state index is 2.45. The molecule has 0 radical (unpaired) electrons. The van der Waals surface area contributed by atoms with Crippen molar-refractivity contribution in [1.82, 2.24) is 0 Å². The van der Waals surface area contributed by atoms with E-state index in [0.29, 0.717) is 23.7 Å². The Labute approximate surface area is 217 Å². The first kappa shape index (κ1) is 24.6. The molecule has 0 atom stereocenters. The number of fused-ring (bicyclic) bond motifs is 6. The van der Waals surface area contributed by atoms with Crippen molar-refractivity contribution in [1.29, 1.82) is 0 Å². The van der Waals surface area contributed by atoms with Gasteiger partial charge in [0, 0.05) is 0 Å². The number of benzene rings is 5. The Hall–Kier alpha value is -3.12. The summed E-state index contributed by atoms with van der Waals surface area (Å²) in [6.07, 6.45) is 0. The maximum Gasteiger partial charge on any atom is -0.00144 e. The van der Waals surface area contributed by atoms with Crippen LogP contribution in [-0.4, -0.2) is 0 Å². The van der Waals surface area contributed by atoms with E-state index >= 15 is 0 Å². The minimum absolute atomic E-state index is 0.423. The zero-order chi connectivity index (χ0) is 25.7. The second-order valence-corrected chi connectivity index (χ2v) is 11.7. The molecular weight excluding hydrogens is 432 g/mol. The molecule has 5 rings (SSSR count). The summed E-state index contributed by atoms with van der Waals surface area (Å²) >= 11 is 0. The summed E-state index contributed by atoms with van der Waals surface area (Å²) in [7, 11) is 0. The van der Waals surface area contributed by atoms with Crippen molar-refractivity contribution in [3.8, 4) is 11.1 Å². The lowest BCUT2D eigenvalue weighted by Crippen LogP contribution is -2.10. The Bertz CT molecular complexity index is 1580. The van der Waals surface area contributed by atoms with Gasteiger partial charge in [-0.1, -0.05) is 128 Å². The van der Waals surface area contributed by atoms with Gasteiger partial charge >= 0.3 is 0 Å². The standard InChI is InChI=1S/C36H40/c1-21(2)25-14-13-15-26(20-25)34-32(23(5)6)31(22(3)4)33(24(7)8)35-29-18-11-9-16-27(29)28-17-10-12-19-30(28)36(34)35/h9-24H,1-8H3. The van der Waals surface area contributed by atoms with Crippen LogP contribution in [0.4, 0.5) is 0 Å². The molecule has 0 heterocycles. The van der Waals surface area contributed by atoms with Crippen molar-refractivity contribution in [3.63, 3.8) is 0 Å². The lowest BCUT2D eigenvalue weighted by atomic mass is 9.73. The maximum atomic E-state index is 2.45. The average Bonchev–Trinajstić information content (AvgIpc) is 2.86. The molecule has 5 aromatic carbocycles. The van der Waals surface area contributed by atoms with Crippen LogP contribution in [0.2, 0.25) is 0 Å². The molecule has 0 N–H and O–H groups in total. The van der Waals surface area contributed by atoms with Gasteiger partial charge in [-0.2, -0.15) is 0 Å². The van der Waals surface area contributed by atoms with Crippen molar-refractivity contribution in [2.75, 3.05) is 0 Å². The summed E-state index contributed by atoms with van der Waals surface area (Å²) in [5.74, 6) is 1.80. The average molecular weight is 473 g/mol. The van der Waals surface area contributed by atoms with E-state index in [1.54, 1.807) is 5.56 Å². The fraction of sp³-hybridized carbons (Fsp3) is 0.333. The van der Waals surface area contributed by atoms with Crippen LogP contribution in [-0.2, 0) is 0 Å². The lowest BCUT2D eigenvalue weighted by Gasteiger charge is -2.30. The highest BCUT2D eigenvalue weighted by Gasteiger charge is 2.27. The Morgan fingerprint density at radius 2 is 0.917 bits per heavy atom. The third-order valence-electron chi connectivity index (χ3n) is 7.88. The third kappa shape index (κ3) is 3.83. The van der Waals surface area contributed by atoms with Crippen molar-refractivity contribution in [3.05, 3.63) is 95.1 Å². The quantitative estimate of drug-likeness (QED) is 0.223. The summed E-state index contributed by atoms with van der Waals surface area (Å²) < 4.78 is 0. The highest BCUT2D eigenvalue weighted by Crippen LogP contribution is 2.50. The lowest BCUT2D eigenvalue weighted by molar-refractivity contribution is 0.756. The molecule has 0 nitrogen and oxygen atoms in total. The van der Waals surface area contributed by atoms with E-state index in [0.717, 1.165) is 0 Å². The van der Waals surface area contributed by atoms with E-state index in [2.05, 4.69) is 128 Å². The molecule has 0 aliphatic carbocycles. The van der Waals surface area contributed by atoms with Crippen molar-refractivity contribution < 1.29 is 0 Å². The summed E-state index contributed by atoms with van der Waals surface area (Å²) in [5.41, 5.74) is 8.82. The zero-order valence-corrected chi connectivity index (χ0v) is 23.2. The summed E-state index contributed by atoms with van der Waals surface area (Å²) in [5, 5.41) is 8.35. The largest absolute Gasteiger partial charge is 0.0616 e. The van der Waals surface area contributed by atoms with Crippen LogP contribution in [0.5, 0.6) is 0 Å². The van der Waals surface area contributed by atoms with E-state index < -0.39 is 0 Å². The molecule has 0 amide bonds. The van der Waals surface area contributed by atoms with Crippen molar-refractivity contribution in [2.45, 2.75) is 79.1 Å². The Morgan fingerprint density at radius 3 is 1.42 bits per heavy atom. The smallest absolute Gasteiger partial charge is 0.00144 e. The van der Waals surface area contributed by atoms with Crippen LogP contribution >= 0.6 is 0 Å². The molecule has 0 bridgehead atoms. The first-order valence-corrected chi connectivity index (χ1v) is 13.7. The monoisotopic (exact) mass is 472 g/mol. The Kier molecular flexibility index (Phi) is 6.41. The number of hydrogen-bond donors (Lipinski definition) is 0. The van der Waals surface area contributed by atoms with Crippen LogP contribution in [0.25, 0.3) is 43.4 Å². The first-order valence-electron chi connectivity index (χ1n) is 13.7. The summed E-state index contributed by atoms with van der Waals surface area (Å²) in [4.78, 5) is 0. The zero-order valence-electron chi connectivity index (χ0n) is 23.2. The van der Waals surface area contributed by atoms with Gasteiger partial charge in [0.15, 0.2) is 0 Å². The van der Waals surface area contributed by atoms with Crippen LogP contribution in [0.15, 0.2) is 72.8 Å². The van der Waals surface area contributed by atoms with Gasteiger partial charge in [-0.05, 0) is 89.4 Å². The molecule has 0 saturated heterocycles. The molecule has 36 heavy (non-hydrogen) atoms. The SMILES string of the molecule is CC(C)c1cccc(-c2c(C(C)C)c(C(C)C)c(C(C)C)c3c4ccccc4c4ccccc4c23)c1. The van der Waals surface area contributed by atoms with Gasteiger partial charge in [-0.25, -0.2) is 0 Å². The minimum atomic E-state index is 0.423. The molecule has 0 aromatic heterocycles. The molecule has 0 unspecified atom stereocenters. The minimum Gasteiger partial charge on any atom is -0.0616 e. The van der Waals surface area contributed by atoms with Crippen LogP contribution in [0.3, 0.4) is 0 Å². The van der Waals surface area contributed by atoms with Gasteiger partial charge in [0.25, 0.3) is 0 Å². The summed E-state index contributed by atoms with van der Waals surface area (Å²) in [6, 6.07) is 27.5. The highest BCUT2D eigenvalue weighted by molar-refractivity contribution is 6.30. The predicted molar refractivity (Wildman–Crippen MR) is 161 cm³/mol. The van der Waals surface area contributed by atoms with Gasteiger partial charge in [-0.3, -0.25) is 0 Å². The molecule has 0 aliphatic heterocycles. The molecule has 184 valence electrons. The van der Waals surface area contributed by atoms with Gasteiger partial charge in [0.1, 0.15) is 0 Å². The summed E-state index contributed by atoms with van der Waals surface area (Å²) in [6.45, 7) is 18.9. The predicted octanol–water partition coefficient (Wildman–Crippen LogP) is 11.3. The molecule has 5 aromatic rings. The Balaban J connectivity index is 2.19. The second kappa shape index (κ2) is 9.40. The van der Waals surface area contributed by atoms with E-state index in [-0.39, 0.29) is 0 Å². The van der Waals surface area contributed by atoms with Crippen molar-refractivity contribution in [2.24, 2.45) is 0 Å². The number of hydrogen-bond acceptors (Lipinski definition) is 0. The molecule has 0 heteroatoms. The van der Waals surface area contributed by atoms with Crippen molar-refractivity contribution >= 4 is 32.3 Å². The molecule has 0 aliphatic rings. The molecule has 0 spiro atoms. The Morgan fingerprint density at radius 1 is 0.417 bits per heavy atom. The van der Waals surface area contributed by atoms with E-state index in [9.17, 15) is 0 Å². The molecule has 0 saturated carbocycles. The van der Waals surface area contributed by atoms with E-state index in [4.69, 9.17) is 0 Å². The third-order valence-corrected chi connectivity index (χ3v) is 7.88. The van der Waals surface area contributed by atoms with Gasteiger partial charge in [0.2, 0.25) is 0 Å². The van der Waals surface area contributed by atoms with Crippen LogP contribution in [0, 0.1) is 0 Å². The van der Waals surface area contributed by atoms with Crippen LogP contribution in [0.1, 0.15) is 101 Å². The fourth-order valence-electron chi connectivity index (χ4n) is 6.40. The van der Waals surface area contributed by atoms with Crippen LogP contribution < -0.4 is 0 Å². The molecular formula is C36H40. The van der Waals surface area contributed by atoms with Gasteiger partial charge in [0.05, 0.1) is 0 Å².